The SMILES string of the molecule is Cc1ccc(-c2nc(C(=O)N3CCN(C(=O)C4CCCO4)CC3)cs2)c(C)c1. The number of aromatic nitrogens is 1. The van der Waals surface area contributed by atoms with Crippen molar-refractivity contribution in [1.29, 1.82) is 0 Å². The summed E-state index contributed by atoms with van der Waals surface area (Å²) < 4.78 is 5.49. The molecule has 148 valence electrons. The summed E-state index contributed by atoms with van der Waals surface area (Å²) in [6.07, 6.45) is 1.46. The van der Waals surface area contributed by atoms with Crippen molar-refractivity contribution in [3.05, 3.63) is 40.4 Å². The fourth-order valence-electron chi connectivity index (χ4n) is 3.82. The Morgan fingerprint density at radius 2 is 1.89 bits per heavy atom. The fraction of sp³-hybridized carbons (Fsp3) is 0.476. The second kappa shape index (κ2) is 8.01. The van der Waals surface area contributed by atoms with Gasteiger partial charge in [0.2, 0.25) is 0 Å². The van der Waals surface area contributed by atoms with Crippen LogP contribution in [-0.2, 0) is 9.53 Å². The standard InChI is InChI=1S/C21H25N3O3S/c1-14-5-6-16(15(2)12-14)19-22-17(13-28-19)20(25)23-7-9-24(10-8-23)21(26)18-4-3-11-27-18/h5-6,12-13,18H,3-4,7-11H2,1-2H3. The maximum absolute atomic E-state index is 12.9. The van der Waals surface area contributed by atoms with E-state index in [4.69, 9.17) is 4.74 Å². The van der Waals surface area contributed by atoms with Crippen molar-refractivity contribution in [3.8, 4) is 10.6 Å². The third-order valence-corrected chi connectivity index (χ3v) is 6.29. The number of piperazine rings is 1. The molecular weight excluding hydrogens is 374 g/mol. The molecule has 2 saturated heterocycles. The minimum absolute atomic E-state index is 0.0588. The first kappa shape index (κ1) is 19.1. The normalized spacial score (nSPS) is 19.9. The van der Waals surface area contributed by atoms with Crippen LogP contribution in [0.5, 0.6) is 0 Å². The van der Waals surface area contributed by atoms with Crippen LogP contribution in [0.1, 0.15) is 34.5 Å². The largest absolute Gasteiger partial charge is 0.368 e. The molecule has 2 aromatic rings. The molecule has 2 amide bonds. The van der Waals surface area contributed by atoms with Crippen LogP contribution < -0.4 is 0 Å². The number of aryl methyl sites for hydroxylation is 2. The second-order valence-electron chi connectivity index (χ2n) is 7.48. The number of carbonyl (C=O) groups is 2. The van der Waals surface area contributed by atoms with Gasteiger partial charge in [-0.2, -0.15) is 0 Å². The Balaban J connectivity index is 1.39. The van der Waals surface area contributed by atoms with Crippen LogP contribution in [-0.4, -0.2) is 65.5 Å². The zero-order valence-corrected chi connectivity index (χ0v) is 17.1. The van der Waals surface area contributed by atoms with Crippen LogP contribution in [0.4, 0.5) is 0 Å². The van der Waals surface area contributed by atoms with E-state index in [1.807, 2.05) is 10.3 Å². The molecule has 2 fully saturated rings. The van der Waals surface area contributed by atoms with Gasteiger partial charge in [0.05, 0.1) is 0 Å². The Morgan fingerprint density at radius 3 is 2.57 bits per heavy atom. The van der Waals surface area contributed by atoms with Gasteiger partial charge in [0.25, 0.3) is 11.8 Å². The van der Waals surface area contributed by atoms with E-state index in [0.717, 1.165) is 29.0 Å². The summed E-state index contributed by atoms with van der Waals surface area (Å²) in [4.78, 5) is 33.5. The molecule has 7 heteroatoms. The lowest BCUT2D eigenvalue weighted by Gasteiger charge is -2.35. The third kappa shape index (κ3) is 3.82. The maximum Gasteiger partial charge on any atom is 0.273 e. The molecule has 6 nitrogen and oxygen atoms in total. The predicted octanol–water partition coefficient (Wildman–Crippen LogP) is 2.89. The van der Waals surface area contributed by atoms with Gasteiger partial charge in [-0.05, 0) is 32.3 Å². The highest BCUT2D eigenvalue weighted by atomic mass is 32.1. The van der Waals surface area contributed by atoms with Crippen molar-refractivity contribution in [3.63, 3.8) is 0 Å². The minimum Gasteiger partial charge on any atom is -0.368 e. The lowest BCUT2D eigenvalue weighted by Crippen LogP contribution is -2.52. The van der Waals surface area contributed by atoms with Crippen LogP contribution in [0.15, 0.2) is 23.6 Å². The van der Waals surface area contributed by atoms with Gasteiger partial charge >= 0.3 is 0 Å². The molecule has 3 heterocycles. The lowest BCUT2D eigenvalue weighted by atomic mass is 10.1. The predicted molar refractivity (Wildman–Crippen MR) is 108 cm³/mol. The van der Waals surface area contributed by atoms with Gasteiger partial charge in [0.1, 0.15) is 16.8 Å². The molecule has 1 atom stereocenters. The van der Waals surface area contributed by atoms with Gasteiger partial charge in [0.15, 0.2) is 0 Å². The van der Waals surface area contributed by atoms with Gasteiger partial charge in [0, 0.05) is 43.7 Å². The third-order valence-electron chi connectivity index (χ3n) is 5.42. The summed E-state index contributed by atoms with van der Waals surface area (Å²) >= 11 is 1.50. The summed E-state index contributed by atoms with van der Waals surface area (Å²) in [7, 11) is 0. The Hall–Kier alpha value is -2.25. The summed E-state index contributed by atoms with van der Waals surface area (Å²) in [6, 6.07) is 6.26. The molecule has 1 aromatic heterocycles. The molecule has 0 spiro atoms. The average Bonchev–Trinajstić information content (AvgIpc) is 3.39. The van der Waals surface area contributed by atoms with E-state index in [1.54, 1.807) is 4.90 Å². The number of amides is 2. The molecule has 0 N–H and O–H groups in total. The van der Waals surface area contributed by atoms with E-state index >= 15 is 0 Å². The summed E-state index contributed by atoms with van der Waals surface area (Å²) in [6.45, 7) is 6.98. The molecule has 1 aromatic carbocycles. The first-order valence-corrected chi connectivity index (χ1v) is 10.6. The monoisotopic (exact) mass is 399 g/mol. The van der Waals surface area contributed by atoms with Crippen molar-refractivity contribution in [2.24, 2.45) is 0 Å². The van der Waals surface area contributed by atoms with Gasteiger partial charge < -0.3 is 14.5 Å². The van der Waals surface area contributed by atoms with Crippen LogP contribution in [0.2, 0.25) is 0 Å². The highest BCUT2D eigenvalue weighted by Crippen LogP contribution is 2.28. The average molecular weight is 400 g/mol. The van der Waals surface area contributed by atoms with Gasteiger partial charge in [-0.3, -0.25) is 9.59 Å². The molecule has 2 aliphatic rings. The van der Waals surface area contributed by atoms with Gasteiger partial charge in [-0.25, -0.2) is 4.98 Å². The Morgan fingerprint density at radius 1 is 1.14 bits per heavy atom. The molecule has 0 aliphatic carbocycles. The minimum atomic E-state index is -0.291. The Bertz CT molecular complexity index is 881. The molecule has 0 saturated carbocycles. The summed E-state index contributed by atoms with van der Waals surface area (Å²) in [5.41, 5.74) is 3.93. The quantitative estimate of drug-likeness (QED) is 0.796. The number of benzene rings is 1. The fourth-order valence-corrected chi connectivity index (χ4v) is 4.70. The highest BCUT2D eigenvalue weighted by molar-refractivity contribution is 7.13. The Labute approximate surface area is 169 Å². The number of hydrogen-bond acceptors (Lipinski definition) is 5. The van der Waals surface area contributed by atoms with E-state index in [1.165, 1.54) is 16.9 Å². The van der Waals surface area contributed by atoms with Crippen molar-refractivity contribution < 1.29 is 14.3 Å². The number of hydrogen-bond donors (Lipinski definition) is 0. The van der Waals surface area contributed by atoms with Crippen LogP contribution in [0.3, 0.4) is 0 Å². The number of rotatable bonds is 3. The number of carbonyl (C=O) groups excluding carboxylic acids is 2. The van der Waals surface area contributed by atoms with Crippen molar-refractivity contribution in [2.45, 2.75) is 32.8 Å². The van der Waals surface area contributed by atoms with Crippen LogP contribution in [0, 0.1) is 13.8 Å². The number of thiazole rings is 1. The topological polar surface area (TPSA) is 62.7 Å². The van der Waals surface area contributed by atoms with Crippen molar-refractivity contribution in [2.75, 3.05) is 32.8 Å². The van der Waals surface area contributed by atoms with Crippen LogP contribution in [0.25, 0.3) is 10.6 Å². The van der Waals surface area contributed by atoms with E-state index in [9.17, 15) is 9.59 Å². The van der Waals surface area contributed by atoms with Crippen molar-refractivity contribution in [1.82, 2.24) is 14.8 Å². The highest BCUT2D eigenvalue weighted by Gasteiger charge is 2.32. The molecule has 0 bridgehead atoms. The molecular formula is C21H25N3O3S. The van der Waals surface area contributed by atoms with Crippen molar-refractivity contribution >= 4 is 23.2 Å². The van der Waals surface area contributed by atoms with E-state index in [-0.39, 0.29) is 17.9 Å². The number of ether oxygens (including phenoxy) is 1. The van der Waals surface area contributed by atoms with Crippen LogP contribution >= 0.6 is 11.3 Å². The van der Waals surface area contributed by atoms with Gasteiger partial charge in [-0.1, -0.05) is 23.8 Å². The smallest absolute Gasteiger partial charge is 0.273 e. The van der Waals surface area contributed by atoms with Gasteiger partial charge in [-0.15, -0.1) is 11.3 Å². The first-order valence-electron chi connectivity index (χ1n) is 9.76. The molecule has 4 rings (SSSR count). The zero-order valence-electron chi connectivity index (χ0n) is 16.3. The number of nitrogens with zero attached hydrogens (tertiary/aromatic N) is 3. The first-order chi connectivity index (χ1) is 13.5. The Kier molecular flexibility index (Phi) is 5.46. The molecule has 28 heavy (non-hydrogen) atoms. The zero-order chi connectivity index (χ0) is 19.7. The van der Waals surface area contributed by atoms with E-state index in [0.29, 0.717) is 38.5 Å². The maximum atomic E-state index is 12.9. The lowest BCUT2D eigenvalue weighted by molar-refractivity contribution is -0.142. The van der Waals surface area contributed by atoms with E-state index < -0.39 is 0 Å². The second-order valence-corrected chi connectivity index (χ2v) is 8.33. The molecule has 0 radical (unpaired) electrons. The summed E-state index contributed by atoms with van der Waals surface area (Å²) in [5, 5.41) is 2.70. The molecule has 1 unspecified atom stereocenters. The summed E-state index contributed by atoms with van der Waals surface area (Å²) in [5.74, 6) is 0.00636. The van der Waals surface area contributed by atoms with E-state index in [2.05, 4.69) is 37.0 Å². The molecule has 2 aliphatic heterocycles.